The molecule has 0 aromatic carbocycles. The summed E-state index contributed by atoms with van der Waals surface area (Å²) in [6.45, 7) is 16.1. The zero-order valence-corrected chi connectivity index (χ0v) is 15.7. The smallest absolute Gasteiger partial charge is 0.383 e. The normalized spacial score (nSPS) is 19.3. The van der Waals surface area contributed by atoms with Crippen molar-refractivity contribution in [2.24, 2.45) is 0 Å². The van der Waals surface area contributed by atoms with Crippen molar-refractivity contribution < 1.29 is 8.85 Å². The maximum absolute atomic E-state index is 6.20. The van der Waals surface area contributed by atoms with Crippen molar-refractivity contribution in [3.63, 3.8) is 0 Å². The van der Waals surface area contributed by atoms with Crippen LogP contribution in [0.4, 0.5) is 0 Å². The molecule has 1 saturated heterocycles. The molecule has 0 aromatic rings. The van der Waals surface area contributed by atoms with E-state index >= 15 is 0 Å². The Labute approximate surface area is 133 Å². The molecule has 0 aliphatic carbocycles. The van der Waals surface area contributed by atoms with Crippen molar-refractivity contribution >= 4 is 8.72 Å². The third kappa shape index (κ3) is 5.98. The standard InChI is InChI=1S/C16H36N2O2Si/c1-5-11-17(12-6-2)14-15-18-13-9-10-16-21(18,19-7-3)20-8-4/h5-16H2,1-4H3. The fraction of sp³-hybridized carbons (Fsp3) is 1.00. The molecule has 5 heteroatoms. The van der Waals surface area contributed by atoms with Crippen LogP contribution >= 0.6 is 0 Å². The number of rotatable bonds is 11. The topological polar surface area (TPSA) is 24.9 Å². The molecule has 1 heterocycles. The van der Waals surface area contributed by atoms with Crippen LogP contribution in [0.15, 0.2) is 0 Å². The minimum absolute atomic E-state index is 0.774. The second-order valence-corrected chi connectivity index (χ2v) is 9.00. The highest BCUT2D eigenvalue weighted by Crippen LogP contribution is 2.27. The monoisotopic (exact) mass is 316 g/mol. The first-order valence-electron chi connectivity index (χ1n) is 8.97. The van der Waals surface area contributed by atoms with E-state index in [1.54, 1.807) is 0 Å². The van der Waals surface area contributed by atoms with E-state index in [1.165, 1.54) is 38.8 Å². The SMILES string of the molecule is CCCN(CCC)CCN1CCCC[Si]1(OCC)OCC. The van der Waals surface area contributed by atoms with Crippen LogP contribution in [0, 0.1) is 0 Å². The maximum atomic E-state index is 6.20. The fourth-order valence-corrected chi connectivity index (χ4v) is 6.90. The lowest BCUT2D eigenvalue weighted by Gasteiger charge is -2.43. The summed E-state index contributed by atoms with van der Waals surface area (Å²) in [4.78, 5) is 2.59. The van der Waals surface area contributed by atoms with E-state index in [0.29, 0.717) is 0 Å². The van der Waals surface area contributed by atoms with E-state index in [2.05, 4.69) is 37.2 Å². The van der Waals surface area contributed by atoms with Crippen molar-refractivity contribution in [2.75, 3.05) is 45.9 Å². The Morgan fingerprint density at radius 1 is 0.905 bits per heavy atom. The summed E-state index contributed by atoms with van der Waals surface area (Å²) in [6.07, 6.45) is 5.02. The Balaban J connectivity index is 2.62. The van der Waals surface area contributed by atoms with Crippen LogP contribution in [0.1, 0.15) is 53.4 Å². The highest BCUT2D eigenvalue weighted by atomic mass is 28.4. The molecule has 1 aliphatic heterocycles. The lowest BCUT2D eigenvalue weighted by molar-refractivity contribution is 0.101. The molecule has 1 aliphatic rings. The molecule has 126 valence electrons. The number of hydrogen-bond donors (Lipinski definition) is 0. The van der Waals surface area contributed by atoms with Gasteiger partial charge in [-0.15, -0.1) is 0 Å². The van der Waals surface area contributed by atoms with Gasteiger partial charge in [-0.2, -0.15) is 0 Å². The second kappa shape index (κ2) is 10.7. The van der Waals surface area contributed by atoms with Crippen molar-refractivity contribution in [2.45, 2.75) is 59.4 Å². The van der Waals surface area contributed by atoms with Crippen LogP contribution in [0.25, 0.3) is 0 Å². The van der Waals surface area contributed by atoms with E-state index in [4.69, 9.17) is 8.85 Å². The van der Waals surface area contributed by atoms with Gasteiger partial charge in [-0.1, -0.05) is 13.8 Å². The Kier molecular flexibility index (Phi) is 9.76. The molecule has 21 heavy (non-hydrogen) atoms. The van der Waals surface area contributed by atoms with E-state index in [1.807, 2.05) is 0 Å². The molecule has 0 saturated carbocycles. The zero-order chi connectivity index (χ0) is 15.6. The Hall–Kier alpha value is 0.0569. The molecule has 0 amide bonds. The summed E-state index contributed by atoms with van der Waals surface area (Å²) < 4.78 is 15.0. The first kappa shape index (κ1) is 19.1. The van der Waals surface area contributed by atoms with Gasteiger partial charge in [0.2, 0.25) is 0 Å². The van der Waals surface area contributed by atoms with E-state index < -0.39 is 8.72 Å². The lowest BCUT2D eigenvalue weighted by atomic mass is 10.3. The molecule has 1 rings (SSSR count). The molecule has 0 spiro atoms. The predicted octanol–water partition coefficient (Wildman–Crippen LogP) is 3.22. The summed E-state index contributed by atoms with van der Waals surface area (Å²) in [5, 5.41) is 0. The molecule has 1 fully saturated rings. The zero-order valence-electron chi connectivity index (χ0n) is 14.7. The summed E-state index contributed by atoms with van der Waals surface area (Å²) in [7, 11) is -2.12. The van der Waals surface area contributed by atoms with Crippen LogP contribution in [-0.4, -0.2) is 64.1 Å². The molecule has 4 nitrogen and oxygen atoms in total. The lowest BCUT2D eigenvalue weighted by Crippen LogP contribution is -2.62. The largest absolute Gasteiger partial charge is 0.427 e. The summed E-state index contributed by atoms with van der Waals surface area (Å²) in [5.74, 6) is 0. The molecular weight excluding hydrogens is 280 g/mol. The third-order valence-electron chi connectivity index (χ3n) is 4.16. The van der Waals surface area contributed by atoms with Crippen LogP contribution in [-0.2, 0) is 8.85 Å². The second-order valence-electron chi connectivity index (χ2n) is 5.86. The minimum atomic E-state index is -2.12. The number of nitrogens with zero attached hydrogens (tertiary/aromatic N) is 2. The Bertz CT molecular complexity index is 249. The predicted molar refractivity (Wildman–Crippen MR) is 91.6 cm³/mol. The van der Waals surface area contributed by atoms with Gasteiger partial charge in [0.15, 0.2) is 0 Å². The summed E-state index contributed by atoms with van der Waals surface area (Å²) in [5.41, 5.74) is 0. The van der Waals surface area contributed by atoms with Gasteiger partial charge in [-0.05, 0) is 59.2 Å². The number of hydrogen-bond acceptors (Lipinski definition) is 4. The van der Waals surface area contributed by atoms with Crippen molar-refractivity contribution in [1.29, 1.82) is 0 Å². The first-order chi connectivity index (χ1) is 10.2. The molecular formula is C16H36N2O2Si. The van der Waals surface area contributed by atoms with Gasteiger partial charge in [0.05, 0.1) is 0 Å². The van der Waals surface area contributed by atoms with E-state index in [0.717, 1.165) is 38.9 Å². The molecule has 0 radical (unpaired) electrons. The average Bonchev–Trinajstić information content (AvgIpc) is 2.47. The molecule has 0 atom stereocenters. The van der Waals surface area contributed by atoms with Gasteiger partial charge < -0.3 is 13.8 Å². The third-order valence-corrected chi connectivity index (χ3v) is 8.03. The van der Waals surface area contributed by atoms with Crippen LogP contribution < -0.4 is 0 Å². The van der Waals surface area contributed by atoms with Gasteiger partial charge in [0.25, 0.3) is 0 Å². The minimum Gasteiger partial charge on any atom is -0.383 e. The van der Waals surface area contributed by atoms with Gasteiger partial charge in [0.1, 0.15) is 0 Å². The van der Waals surface area contributed by atoms with Gasteiger partial charge in [-0.3, -0.25) is 4.57 Å². The Morgan fingerprint density at radius 2 is 1.52 bits per heavy atom. The van der Waals surface area contributed by atoms with E-state index in [9.17, 15) is 0 Å². The molecule has 0 aromatic heterocycles. The fourth-order valence-electron chi connectivity index (χ4n) is 3.31. The first-order valence-corrected chi connectivity index (χ1v) is 10.9. The van der Waals surface area contributed by atoms with Crippen molar-refractivity contribution in [3.8, 4) is 0 Å². The average molecular weight is 317 g/mol. The van der Waals surface area contributed by atoms with Crippen LogP contribution in [0.2, 0.25) is 6.04 Å². The van der Waals surface area contributed by atoms with E-state index in [-0.39, 0.29) is 0 Å². The van der Waals surface area contributed by atoms with Crippen molar-refractivity contribution in [1.82, 2.24) is 9.47 Å². The van der Waals surface area contributed by atoms with Gasteiger partial charge >= 0.3 is 8.72 Å². The maximum Gasteiger partial charge on any atom is 0.427 e. The molecule has 0 N–H and O–H groups in total. The van der Waals surface area contributed by atoms with Crippen LogP contribution in [0.3, 0.4) is 0 Å². The molecule has 0 unspecified atom stereocenters. The van der Waals surface area contributed by atoms with Crippen molar-refractivity contribution in [3.05, 3.63) is 0 Å². The molecule has 0 bridgehead atoms. The summed E-state index contributed by atoms with van der Waals surface area (Å²) in [6, 6.07) is 1.14. The Morgan fingerprint density at radius 3 is 2.05 bits per heavy atom. The highest BCUT2D eigenvalue weighted by Gasteiger charge is 2.46. The summed E-state index contributed by atoms with van der Waals surface area (Å²) >= 11 is 0. The highest BCUT2D eigenvalue weighted by molar-refractivity contribution is 6.64. The quantitative estimate of drug-likeness (QED) is 0.546. The van der Waals surface area contributed by atoms with Crippen LogP contribution in [0.5, 0.6) is 0 Å². The van der Waals surface area contributed by atoms with Gasteiger partial charge in [0, 0.05) is 32.3 Å². The van der Waals surface area contributed by atoms with Gasteiger partial charge in [-0.25, -0.2) is 0 Å².